The van der Waals surface area contributed by atoms with E-state index in [9.17, 15) is 0 Å². The summed E-state index contributed by atoms with van der Waals surface area (Å²) in [6, 6.07) is 79.7. The number of furan rings is 1. The fourth-order valence-electron chi connectivity index (χ4n) is 8.94. The molecule has 4 nitrogen and oxygen atoms in total. The Kier molecular flexibility index (Phi) is 8.65. The molecule has 5 heteroatoms. The van der Waals surface area contributed by atoms with Crippen LogP contribution in [0.3, 0.4) is 0 Å². The second-order valence-electron chi connectivity index (χ2n) is 15.6. The summed E-state index contributed by atoms with van der Waals surface area (Å²) in [5.41, 5.74) is 12.7. The Labute approximate surface area is 362 Å². The first kappa shape index (κ1) is 35.9. The van der Waals surface area contributed by atoms with Gasteiger partial charge in [-0.3, -0.25) is 0 Å². The van der Waals surface area contributed by atoms with Gasteiger partial charge in [0.15, 0.2) is 0 Å². The first-order chi connectivity index (χ1) is 30.7. The highest BCUT2D eigenvalue weighted by Crippen LogP contribution is 2.45. The summed E-state index contributed by atoms with van der Waals surface area (Å²) in [5.74, 6) is 0. The van der Waals surface area contributed by atoms with Crippen LogP contribution in [-0.2, 0) is 0 Å². The number of thiazole rings is 1. The summed E-state index contributed by atoms with van der Waals surface area (Å²) in [4.78, 5) is 10.1. The second kappa shape index (κ2) is 14.9. The highest BCUT2D eigenvalue weighted by molar-refractivity contribution is 7.22. The zero-order valence-corrected chi connectivity index (χ0v) is 34.3. The molecule has 12 rings (SSSR count). The van der Waals surface area contributed by atoms with E-state index in [-0.39, 0.29) is 0 Å². The van der Waals surface area contributed by atoms with Crippen molar-refractivity contribution in [1.82, 2.24) is 4.98 Å². The molecule has 0 bridgehead atoms. The van der Waals surface area contributed by atoms with Gasteiger partial charge in [-0.15, -0.1) is 11.3 Å². The molecule has 0 spiro atoms. The smallest absolute Gasteiger partial charge is 0.135 e. The molecule has 2 aromatic heterocycles. The standard InChI is InChI=1S/C57H37N3OS/c1-4-15-38(16-5-1)39-27-29-43(30-28-39)59(41-18-6-2-7-19-41)45-31-33-49-51(36-45)47-23-10-11-25-50(47)56-55(49)58-57(62-56)40-17-14-22-44(35-40)60(42-20-8-3-9-21-42)46-32-34-54-52(37-46)48-24-12-13-26-53(48)61-54/h1-37H. The van der Waals surface area contributed by atoms with Crippen LogP contribution in [0, 0.1) is 0 Å². The van der Waals surface area contributed by atoms with E-state index in [1.165, 1.54) is 32.0 Å². The number of aromatic nitrogens is 1. The first-order valence-electron chi connectivity index (χ1n) is 20.9. The third kappa shape index (κ3) is 6.18. The molecule has 0 amide bonds. The summed E-state index contributed by atoms with van der Waals surface area (Å²) in [6.07, 6.45) is 0. The van der Waals surface area contributed by atoms with Crippen molar-refractivity contribution < 1.29 is 4.42 Å². The summed E-state index contributed by atoms with van der Waals surface area (Å²) >= 11 is 1.76. The summed E-state index contributed by atoms with van der Waals surface area (Å²) in [5, 5.41) is 7.92. The molecule has 0 radical (unpaired) electrons. The molecule has 62 heavy (non-hydrogen) atoms. The molecule has 0 saturated heterocycles. The van der Waals surface area contributed by atoms with Gasteiger partial charge in [0.05, 0.1) is 10.2 Å². The van der Waals surface area contributed by atoms with E-state index in [1.807, 2.05) is 12.1 Å². The van der Waals surface area contributed by atoms with Crippen LogP contribution in [0.25, 0.3) is 75.4 Å². The summed E-state index contributed by atoms with van der Waals surface area (Å²) < 4.78 is 7.40. The zero-order chi connectivity index (χ0) is 41.0. The van der Waals surface area contributed by atoms with Gasteiger partial charge in [0.1, 0.15) is 16.2 Å². The minimum atomic E-state index is 0.878. The quantitative estimate of drug-likeness (QED) is 0.143. The third-order valence-corrected chi connectivity index (χ3v) is 13.0. The number of hydrogen-bond acceptors (Lipinski definition) is 5. The Bertz CT molecular complexity index is 3580. The van der Waals surface area contributed by atoms with E-state index < -0.39 is 0 Å². The van der Waals surface area contributed by atoms with Crippen LogP contribution < -0.4 is 9.80 Å². The van der Waals surface area contributed by atoms with Gasteiger partial charge < -0.3 is 14.2 Å². The number of rotatable bonds is 8. The van der Waals surface area contributed by atoms with Gasteiger partial charge >= 0.3 is 0 Å². The zero-order valence-electron chi connectivity index (χ0n) is 33.5. The van der Waals surface area contributed by atoms with Crippen molar-refractivity contribution in [2.75, 3.05) is 9.80 Å². The van der Waals surface area contributed by atoms with Gasteiger partial charge in [-0.2, -0.15) is 0 Å². The Morgan fingerprint density at radius 3 is 1.56 bits per heavy atom. The molecule has 0 aliphatic heterocycles. The van der Waals surface area contributed by atoms with E-state index >= 15 is 0 Å². The van der Waals surface area contributed by atoms with Crippen molar-refractivity contribution in [2.45, 2.75) is 0 Å². The largest absolute Gasteiger partial charge is 0.456 e. The Hall–Kier alpha value is -7.99. The minimum absolute atomic E-state index is 0.878. The molecule has 0 N–H and O–H groups in total. The van der Waals surface area contributed by atoms with Gasteiger partial charge in [0.25, 0.3) is 0 Å². The van der Waals surface area contributed by atoms with Gasteiger partial charge in [-0.05, 0) is 107 Å². The number of benzene rings is 10. The van der Waals surface area contributed by atoms with Crippen molar-refractivity contribution in [3.05, 3.63) is 224 Å². The minimum Gasteiger partial charge on any atom is -0.456 e. The lowest BCUT2D eigenvalue weighted by molar-refractivity contribution is 0.669. The summed E-state index contributed by atoms with van der Waals surface area (Å²) in [6.45, 7) is 0. The van der Waals surface area contributed by atoms with E-state index in [4.69, 9.17) is 9.40 Å². The van der Waals surface area contributed by atoms with E-state index in [0.717, 1.165) is 77.5 Å². The normalized spacial score (nSPS) is 11.5. The maximum absolute atomic E-state index is 6.21. The SMILES string of the molecule is c1ccc(-c2ccc(N(c3ccccc3)c3ccc4c(c3)c3ccccc3c3sc(-c5cccc(N(c6ccccc6)c6ccc7oc8ccccc8c7c6)c5)nc43)cc2)cc1. The van der Waals surface area contributed by atoms with Crippen molar-refractivity contribution in [1.29, 1.82) is 0 Å². The molecule has 12 aromatic rings. The fraction of sp³-hybridized carbons (Fsp3) is 0. The van der Waals surface area contributed by atoms with Gasteiger partial charge in [0.2, 0.25) is 0 Å². The lowest BCUT2D eigenvalue weighted by Crippen LogP contribution is -2.09. The molecule has 0 atom stereocenters. The predicted molar refractivity (Wildman–Crippen MR) is 262 cm³/mol. The average Bonchev–Trinajstić information content (AvgIpc) is 3.96. The van der Waals surface area contributed by atoms with E-state index in [0.29, 0.717) is 0 Å². The maximum Gasteiger partial charge on any atom is 0.135 e. The number of hydrogen-bond donors (Lipinski definition) is 0. The number of nitrogens with zero attached hydrogens (tertiary/aromatic N) is 3. The molecule has 0 saturated carbocycles. The fourth-order valence-corrected chi connectivity index (χ4v) is 10.1. The highest BCUT2D eigenvalue weighted by Gasteiger charge is 2.20. The van der Waals surface area contributed by atoms with Crippen molar-refractivity contribution in [3.63, 3.8) is 0 Å². The van der Waals surface area contributed by atoms with Crippen LogP contribution >= 0.6 is 11.3 Å². The molecular weight excluding hydrogens is 775 g/mol. The van der Waals surface area contributed by atoms with Crippen LogP contribution in [0.15, 0.2) is 229 Å². The van der Waals surface area contributed by atoms with Crippen molar-refractivity contribution >= 4 is 99.2 Å². The van der Waals surface area contributed by atoms with Crippen molar-refractivity contribution in [3.8, 4) is 21.7 Å². The topological polar surface area (TPSA) is 32.5 Å². The van der Waals surface area contributed by atoms with Gasteiger partial charge in [-0.1, -0.05) is 140 Å². The third-order valence-electron chi connectivity index (χ3n) is 11.8. The number of fused-ring (bicyclic) bond motifs is 9. The molecule has 10 aromatic carbocycles. The molecular formula is C57H37N3OS. The predicted octanol–water partition coefficient (Wildman–Crippen LogP) is 16.8. The lowest BCUT2D eigenvalue weighted by Gasteiger charge is -2.26. The molecule has 292 valence electrons. The van der Waals surface area contributed by atoms with Crippen LogP contribution in [0.2, 0.25) is 0 Å². The molecule has 0 fully saturated rings. The summed E-state index contributed by atoms with van der Waals surface area (Å²) in [7, 11) is 0. The molecule has 2 heterocycles. The van der Waals surface area contributed by atoms with Crippen LogP contribution in [0.1, 0.15) is 0 Å². The number of anilines is 6. The highest BCUT2D eigenvalue weighted by atomic mass is 32.1. The van der Waals surface area contributed by atoms with Gasteiger partial charge in [-0.25, -0.2) is 4.98 Å². The Morgan fingerprint density at radius 1 is 0.323 bits per heavy atom. The Morgan fingerprint density at radius 2 is 0.823 bits per heavy atom. The van der Waals surface area contributed by atoms with Crippen molar-refractivity contribution in [2.24, 2.45) is 0 Å². The van der Waals surface area contributed by atoms with E-state index in [2.05, 4.69) is 222 Å². The van der Waals surface area contributed by atoms with Crippen LogP contribution in [0.4, 0.5) is 34.1 Å². The Balaban J connectivity index is 0.981. The number of para-hydroxylation sites is 3. The monoisotopic (exact) mass is 811 g/mol. The average molecular weight is 812 g/mol. The lowest BCUT2D eigenvalue weighted by atomic mass is 9.99. The van der Waals surface area contributed by atoms with Crippen LogP contribution in [0.5, 0.6) is 0 Å². The maximum atomic E-state index is 6.21. The van der Waals surface area contributed by atoms with Gasteiger partial charge in [0, 0.05) is 61.2 Å². The second-order valence-corrected chi connectivity index (χ2v) is 16.6. The molecule has 0 aliphatic carbocycles. The van der Waals surface area contributed by atoms with E-state index in [1.54, 1.807) is 11.3 Å². The first-order valence-corrected chi connectivity index (χ1v) is 21.7. The molecule has 0 aliphatic rings. The molecule has 0 unspecified atom stereocenters. The van der Waals surface area contributed by atoms with Crippen LogP contribution in [-0.4, -0.2) is 4.98 Å².